The molecule has 0 aliphatic carbocycles. The molecular formula is C20H10Cl2F2N3O-. The number of halogens is 4. The van der Waals surface area contributed by atoms with E-state index in [9.17, 15) is 13.9 Å². The van der Waals surface area contributed by atoms with E-state index in [4.69, 9.17) is 28.5 Å². The van der Waals surface area contributed by atoms with E-state index in [1.54, 1.807) is 30.3 Å². The fourth-order valence-corrected chi connectivity index (χ4v) is 2.88. The highest BCUT2D eigenvalue weighted by atomic mass is 35.5. The summed E-state index contributed by atoms with van der Waals surface area (Å²) in [5.41, 5.74) is 0.462. The van der Waals surface area contributed by atoms with Crippen LogP contribution in [-0.2, 0) is 0 Å². The number of aliphatic imine (C=N–C) groups is 1. The largest absolute Gasteiger partial charge is 0.858 e. The molecule has 140 valence electrons. The molecular weight excluding hydrogens is 407 g/mol. The van der Waals surface area contributed by atoms with Gasteiger partial charge in [-0.25, -0.2) is 8.78 Å². The average molecular weight is 417 g/mol. The van der Waals surface area contributed by atoms with Crippen molar-refractivity contribution in [2.75, 3.05) is 0 Å². The van der Waals surface area contributed by atoms with Crippen molar-refractivity contribution in [1.82, 2.24) is 4.98 Å². The first-order valence-electron chi connectivity index (χ1n) is 7.90. The third-order valence-electron chi connectivity index (χ3n) is 3.86. The van der Waals surface area contributed by atoms with Crippen LogP contribution in [-0.4, -0.2) is 10.9 Å². The molecule has 3 rings (SSSR count). The van der Waals surface area contributed by atoms with E-state index in [1.807, 2.05) is 0 Å². The molecule has 0 spiro atoms. The molecule has 2 aromatic carbocycles. The summed E-state index contributed by atoms with van der Waals surface area (Å²) in [6.45, 7) is 0. The lowest BCUT2D eigenvalue weighted by Crippen LogP contribution is -2.21. The Balaban J connectivity index is 2.11. The Morgan fingerprint density at radius 1 is 1.11 bits per heavy atom. The van der Waals surface area contributed by atoms with Crippen LogP contribution in [0.5, 0.6) is 0 Å². The van der Waals surface area contributed by atoms with Crippen molar-refractivity contribution in [3.05, 3.63) is 98.8 Å². The Hall–Kier alpha value is -3.01. The average Bonchev–Trinajstić information content (AvgIpc) is 2.67. The van der Waals surface area contributed by atoms with Gasteiger partial charge in [-0.3, -0.25) is 9.98 Å². The first-order chi connectivity index (χ1) is 13.4. The van der Waals surface area contributed by atoms with Crippen molar-refractivity contribution in [2.45, 2.75) is 6.04 Å². The van der Waals surface area contributed by atoms with Crippen LogP contribution in [0.1, 0.15) is 28.4 Å². The summed E-state index contributed by atoms with van der Waals surface area (Å²) >= 11 is 12.0. The molecule has 0 N–H and O–H groups in total. The maximum atomic E-state index is 13.8. The van der Waals surface area contributed by atoms with Crippen molar-refractivity contribution in [3.63, 3.8) is 0 Å². The SMILES string of the molecule is N#Cc1ccc(C([O-])=NC(c2ccc(Cl)cc2)c2ncc(F)cc2Cl)cc1F. The molecule has 0 saturated heterocycles. The molecule has 1 aromatic heterocycles. The first-order valence-corrected chi connectivity index (χ1v) is 8.66. The number of benzene rings is 2. The van der Waals surface area contributed by atoms with Gasteiger partial charge < -0.3 is 5.11 Å². The highest BCUT2D eigenvalue weighted by molar-refractivity contribution is 6.31. The Morgan fingerprint density at radius 3 is 2.43 bits per heavy atom. The topological polar surface area (TPSA) is 72.1 Å². The summed E-state index contributed by atoms with van der Waals surface area (Å²) < 4.78 is 27.2. The number of aromatic nitrogens is 1. The lowest BCUT2D eigenvalue weighted by atomic mass is 10.0. The van der Waals surface area contributed by atoms with Gasteiger partial charge in [0.2, 0.25) is 0 Å². The minimum absolute atomic E-state index is 0.0116. The second kappa shape index (κ2) is 8.34. The summed E-state index contributed by atoms with van der Waals surface area (Å²) in [7, 11) is 0. The van der Waals surface area contributed by atoms with Crippen molar-refractivity contribution in [1.29, 1.82) is 5.26 Å². The van der Waals surface area contributed by atoms with Crippen LogP contribution < -0.4 is 5.11 Å². The maximum Gasteiger partial charge on any atom is 0.142 e. The summed E-state index contributed by atoms with van der Waals surface area (Å²) in [6.07, 6.45) is 0.964. The number of rotatable bonds is 4. The summed E-state index contributed by atoms with van der Waals surface area (Å²) in [5, 5.41) is 21.9. The Bertz CT molecular complexity index is 1100. The fourth-order valence-electron chi connectivity index (χ4n) is 2.50. The van der Waals surface area contributed by atoms with Gasteiger partial charge in [0.05, 0.1) is 22.5 Å². The molecule has 0 aliphatic rings. The third kappa shape index (κ3) is 4.28. The number of nitriles is 1. The van der Waals surface area contributed by atoms with Gasteiger partial charge in [-0.15, -0.1) is 0 Å². The van der Waals surface area contributed by atoms with Gasteiger partial charge in [0.25, 0.3) is 0 Å². The van der Waals surface area contributed by atoms with Gasteiger partial charge in [-0.1, -0.05) is 41.4 Å². The van der Waals surface area contributed by atoms with Crippen LogP contribution in [0.3, 0.4) is 0 Å². The molecule has 0 aliphatic heterocycles. The van der Waals surface area contributed by atoms with Gasteiger partial charge >= 0.3 is 0 Å². The summed E-state index contributed by atoms with van der Waals surface area (Å²) in [5.74, 6) is -2.21. The van der Waals surface area contributed by atoms with Gasteiger partial charge in [-0.2, -0.15) is 5.26 Å². The Labute approximate surface area is 169 Å². The van der Waals surface area contributed by atoms with Gasteiger partial charge in [-0.05, 0) is 47.4 Å². The van der Waals surface area contributed by atoms with Crippen LogP contribution in [0.15, 0.2) is 59.7 Å². The molecule has 3 aromatic rings. The second-order valence-electron chi connectivity index (χ2n) is 5.72. The zero-order chi connectivity index (χ0) is 20.3. The minimum atomic E-state index is -0.962. The smallest absolute Gasteiger partial charge is 0.142 e. The van der Waals surface area contributed by atoms with E-state index in [0.717, 1.165) is 18.3 Å². The quantitative estimate of drug-likeness (QED) is 0.466. The van der Waals surface area contributed by atoms with Gasteiger partial charge in [0.15, 0.2) is 0 Å². The molecule has 1 atom stereocenters. The van der Waals surface area contributed by atoms with E-state index in [-0.39, 0.29) is 21.8 Å². The van der Waals surface area contributed by atoms with Crippen molar-refractivity contribution >= 4 is 29.1 Å². The molecule has 0 amide bonds. The van der Waals surface area contributed by atoms with Crippen LogP contribution >= 0.6 is 23.2 Å². The number of hydrogen-bond acceptors (Lipinski definition) is 4. The molecule has 0 bridgehead atoms. The van der Waals surface area contributed by atoms with E-state index in [0.29, 0.717) is 10.6 Å². The first kappa shape index (κ1) is 19.7. The molecule has 0 radical (unpaired) electrons. The lowest BCUT2D eigenvalue weighted by Gasteiger charge is -2.19. The van der Waals surface area contributed by atoms with Crippen molar-refractivity contribution in [2.24, 2.45) is 4.99 Å². The highest BCUT2D eigenvalue weighted by Gasteiger charge is 2.19. The molecule has 28 heavy (non-hydrogen) atoms. The van der Waals surface area contributed by atoms with Crippen LogP contribution in [0.2, 0.25) is 10.0 Å². The molecule has 0 saturated carbocycles. The highest BCUT2D eigenvalue weighted by Crippen LogP contribution is 2.31. The Kier molecular flexibility index (Phi) is 5.88. The fraction of sp³-hybridized carbons (Fsp3) is 0.0500. The van der Waals surface area contributed by atoms with Gasteiger partial charge in [0, 0.05) is 5.02 Å². The normalized spacial score (nSPS) is 12.5. The maximum absolute atomic E-state index is 13.8. The van der Waals surface area contributed by atoms with Crippen LogP contribution in [0.25, 0.3) is 0 Å². The van der Waals surface area contributed by atoms with E-state index >= 15 is 0 Å². The number of pyridine rings is 1. The van der Waals surface area contributed by atoms with Gasteiger partial charge in [0.1, 0.15) is 23.7 Å². The van der Waals surface area contributed by atoms with E-state index in [2.05, 4.69) is 9.98 Å². The van der Waals surface area contributed by atoms with E-state index < -0.39 is 23.6 Å². The monoisotopic (exact) mass is 416 g/mol. The predicted molar refractivity (Wildman–Crippen MR) is 100 cm³/mol. The lowest BCUT2D eigenvalue weighted by molar-refractivity contribution is -0.213. The molecule has 1 unspecified atom stereocenters. The zero-order valence-corrected chi connectivity index (χ0v) is 15.5. The van der Waals surface area contributed by atoms with Crippen LogP contribution in [0.4, 0.5) is 8.78 Å². The third-order valence-corrected chi connectivity index (χ3v) is 4.42. The van der Waals surface area contributed by atoms with Crippen molar-refractivity contribution in [3.8, 4) is 6.07 Å². The summed E-state index contributed by atoms with van der Waals surface area (Å²) in [4.78, 5) is 8.07. The molecule has 1 heterocycles. The zero-order valence-electron chi connectivity index (χ0n) is 14.0. The molecule has 0 fully saturated rings. The molecule has 8 heteroatoms. The second-order valence-corrected chi connectivity index (χ2v) is 6.56. The Morgan fingerprint density at radius 2 is 1.82 bits per heavy atom. The molecule has 4 nitrogen and oxygen atoms in total. The number of nitrogens with zero attached hydrogens (tertiary/aromatic N) is 3. The minimum Gasteiger partial charge on any atom is -0.858 e. The standard InChI is InChI=1S/C20H11Cl2F2N3O/c21-14-5-3-11(4-6-14)18(19-16(22)8-15(23)10-26-19)27-20(28)12-1-2-13(9-25)17(24)7-12/h1-8,10,18H,(H,27,28)/p-1. The summed E-state index contributed by atoms with van der Waals surface area (Å²) in [6, 6.07) is 11.7. The van der Waals surface area contributed by atoms with E-state index in [1.165, 1.54) is 12.1 Å². The van der Waals surface area contributed by atoms with Crippen molar-refractivity contribution < 1.29 is 13.9 Å². The van der Waals surface area contributed by atoms with Crippen LogP contribution in [0, 0.1) is 23.0 Å². The number of hydrogen-bond donors (Lipinski definition) is 0. The predicted octanol–water partition coefficient (Wildman–Crippen LogP) is 4.43.